The molecule has 22 heavy (non-hydrogen) atoms. The van der Waals surface area contributed by atoms with Crippen LogP contribution >= 0.6 is 11.3 Å². The highest BCUT2D eigenvalue weighted by molar-refractivity contribution is 7.89. The summed E-state index contributed by atoms with van der Waals surface area (Å²) in [5, 5.41) is 8.00. The SMILES string of the molecule is NS(=O)(=O)c1cccc(NC(=O)c2nc3ccccc3s2)c1. The number of fused-ring (bicyclic) bond motifs is 1. The second-order valence-electron chi connectivity index (χ2n) is 4.51. The highest BCUT2D eigenvalue weighted by atomic mass is 32.2. The van der Waals surface area contributed by atoms with Gasteiger partial charge >= 0.3 is 0 Å². The van der Waals surface area contributed by atoms with Crippen LogP contribution in [0.4, 0.5) is 5.69 Å². The van der Waals surface area contributed by atoms with E-state index in [1.165, 1.54) is 29.5 Å². The summed E-state index contributed by atoms with van der Waals surface area (Å²) < 4.78 is 23.5. The Bertz CT molecular complexity index is 931. The van der Waals surface area contributed by atoms with E-state index < -0.39 is 15.9 Å². The van der Waals surface area contributed by atoms with E-state index in [1.807, 2.05) is 24.3 Å². The summed E-state index contributed by atoms with van der Waals surface area (Å²) in [4.78, 5) is 16.4. The summed E-state index contributed by atoms with van der Waals surface area (Å²) in [7, 11) is -3.81. The van der Waals surface area contributed by atoms with Crippen molar-refractivity contribution in [3.63, 3.8) is 0 Å². The number of carbonyl (C=O) groups excluding carboxylic acids is 1. The Balaban J connectivity index is 1.88. The summed E-state index contributed by atoms with van der Waals surface area (Å²) in [6.07, 6.45) is 0. The zero-order chi connectivity index (χ0) is 15.7. The minimum Gasteiger partial charge on any atom is -0.320 e. The van der Waals surface area contributed by atoms with Crippen molar-refractivity contribution < 1.29 is 13.2 Å². The number of para-hydroxylation sites is 1. The van der Waals surface area contributed by atoms with Gasteiger partial charge in [-0.1, -0.05) is 18.2 Å². The molecule has 0 aliphatic heterocycles. The fraction of sp³-hybridized carbons (Fsp3) is 0. The normalized spacial score (nSPS) is 11.5. The predicted molar refractivity (Wildman–Crippen MR) is 85.4 cm³/mol. The number of anilines is 1. The highest BCUT2D eigenvalue weighted by Gasteiger charge is 2.14. The number of aromatic nitrogens is 1. The van der Waals surface area contributed by atoms with Crippen molar-refractivity contribution in [3.05, 3.63) is 53.5 Å². The second kappa shape index (κ2) is 5.48. The van der Waals surface area contributed by atoms with Gasteiger partial charge in [0.1, 0.15) is 0 Å². The molecule has 1 amide bonds. The summed E-state index contributed by atoms with van der Waals surface area (Å²) in [6.45, 7) is 0. The number of hydrogen-bond donors (Lipinski definition) is 2. The van der Waals surface area contributed by atoms with Gasteiger partial charge in [0.2, 0.25) is 10.0 Å². The molecule has 0 unspecified atom stereocenters. The van der Waals surface area contributed by atoms with Crippen molar-refractivity contribution in [2.24, 2.45) is 5.14 Å². The first-order valence-electron chi connectivity index (χ1n) is 6.23. The number of hydrogen-bond acceptors (Lipinski definition) is 5. The van der Waals surface area contributed by atoms with Crippen LogP contribution < -0.4 is 10.5 Å². The summed E-state index contributed by atoms with van der Waals surface area (Å²) in [5.41, 5.74) is 1.09. The van der Waals surface area contributed by atoms with Gasteiger partial charge in [0, 0.05) is 5.69 Å². The molecule has 3 rings (SSSR count). The van der Waals surface area contributed by atoms with Gasteiger partial charge in [-0.3, -0.25) is 4.79 Å². The Morgan fingerprint density at radius 3 is 2.64 bits per heavy atom. The topological polar surface area (TPSA) is 102 Å². The molecule has 0 spiro atoms. The molecular formula is C14H11N3O3S2. The van der Waals surface area contributed by atoms with Gasteiger partial charge in [-0.25, -0.2) is 18.5 Å². The molecule has 1 aromatic heterocycles. The van der Waals surface area contributed by atoms with Crippen LogP contribution in [0.2, 0.25) is 0 Å². The summed E-state index contributed by atoms with van der Waals surface area (Å²) in [5.74, 6) is -0.396. The van der Waals surface area contributed by atoms with Crippen LogP contribution in [0.5, 0.6) is 0 Å². The van der Waals surface area contributed by atoms with Gasteiger partial charge in [-0.05, 0) is 30.3 Å². The monoisotopic (exact) mass is 333 g/mol. The number of carbonyl (C=O) groups is 1. The molecular weight excluding hydrogens is 322 g/mol. The van der Waals surface area contributed by atoms with E-state index in [4.69, 9.17) is 5.14 Å². The molecule has 8 heteroatoms. The zero-order valence-electron chi connectivity index (χ0n) is 11.2. The first kappa shape index (κ1) is 14.6. The Labute approximate surface area is 130 Å². The predicted octanol–water partition coefficient (Wildman–Crippen LogP) is 2.20. The average Bonchev–Trinajstić information content (AvgIpc) is 2.90. The molecule has 0 fully saturated rings. The standard InChI is InChI=1S/C14H11N3O3S2/c15-22(19,20)10-5-3-4-9(8-10)16-13(18)14-17-11-6-1-2-7-12(11)21-14/h1-8H,(H,16,18)(H2,15,19,20). The maximum absolute atomic E-state index is 12.2. The van der Waals surface area contributed by atoms with Crippen LogP contribution in [0.25, 0.3) is 10.2 Å². The lowest BCUT2D eigenvalue weighted by Gasteiger charge is -2.04. The Hall–Kier alpha value is -2.29. The highest BCUT2D eigenvalue weighted by Crippen LogP contribution is 2.22. The van der Waals surface area contributed by atoms with Gasteiger partial charge in [0.05, 0.1) is 15.1 Å². The van der Waals surface area contributed by atoms with E-state index in [1.54, 1.807) is 6.07 Å². The number of thiazole rings is 1. The van der Waals surface area contributed by atoms with Crippen LogP contribution in [0.3, 0.4) is 0 Å². The molecule has 0 radical (unpaired) electrons. The number of nitrogens with two attached hydrogens (primary N) is 1. The van der Waals surface area contributed by atoms with Crippen LogP contribution in [-0.2, 0) is 10.0 Å². The Kier molecular flexibility index (Phi) is 3.65. The van der Waals surface area contributed by atoms with Crippen molar-refractivity contribution >= 4 is 43.2 Å². The fourth-order valence-electron chi connectivity index (χ4n) is 1.90. The molecule has 0 saturated heterocycles. The van der Waals surface area contributed by atoms with Crippen molar-refractivity contribution in [3.8, 4) is 0 Å². The van der Waals surface area contributed by atoms with Gasteiger partial charge in [0.15, 0.2) is 5.01 Å². The largest absolute Gasteiger partial charge is 0.320 e. The van der Waals surface area contributed by atoms with Crippen LogP contribution in [-0.4, -0.2) is 19.3 Å². The lowest BCUT2D eigenvalue weighted by Crippen LogP contribution is -2.14. The van der Waals surface area contributed by atoms with E-state index in [2.05, 4.69) is 10.3 Å². The molecule has 0 bridgehead atoms. The molecule has 0 aliphatic rings. The minimum atomic E-state index is -3.81. The molecule has 3 aromatic rings. The van der Waals surface area contributed by atoms with E-state index in [0.29, 0.717) is 10.7 Å². The van der Waals surface area contributed by atoms with Crippen molar-refractivity contribution in [1.82, 2.24) is 4.98 Å². The van der Waals surface area contributed by atoms with Crippen LogP contribution in [0.15, 0.2) is 53.4 Å². The smallest absolute Gasteiger partial charge is 0.284 e. The van der Waals surface area contributed by atoms with Crippen molar-refractivity contribution in [2.75, 3.05) is 5.32 Å². The van der Waals surface area contributed by atoms with Crippen molar-refractivity contribution in [1.29, 1.82) is 0 Å². The third-order valence-corrected chi connectivity index (χ3v) is 4.85. The molecule has 2 aromatic carbocycles. The first-order valence-corrected chi connectivity index (χ1v) is 8.59. The summed E-state index contributed by atoms with van der Waals surface area (Å²) in [6, 6.07) is 13.2. The molecule has 112 valence electrons. The third kappa shape index (κ3) is 2.98. The maximum atomic E-state index is 12.2. The lowest BCUT2D eigenvalue weighted by atomic mass is 10.3. The number of amides is 1. The van der Waals surface area contributed by atoms with E-state index >= 15 is 0 Å². The Morgan fingerprint density at radius 2 is 1.91 bits per heavy atom. The third-order valence-electron chi connectivity index (χ3n) is 2.91. The molecule has 0 atom stereocenters. The van der Waals surface area contributed by atoms with Crippen molar-refractivity contribution in [2.45, 2.75) is 4.90 Å². The number of benzene rings is 2. The van der Waals surface area contributed by atoms with E-state index in [0.717, 1.165) is 10.2 Å². The number of primary sulfonamides is 1. The second-order valence-corrected chi connectivity index (χ2v) is 7.11. The van der Waals surface area contributed by atoms with Gasteiger partial charge in [-0.2, -0.15) is 0 Å². The van der Waals surface area contributed by atoms with Crippen LogP contribution in [0.1, 0.15) is 9.80 Å². The van der Waals surface area contributed by atoms with E-state index in [9.17, 15) is 13.2 Å². The lowest BCUT2D eigenvalue weighted by molar-refractivity contribution is 0.102. The minimum absolute atomic E-state index is 0.0606. The molecule has 0 aliphatic carbocycles. The quantitative estimate of drug-likeness (QED) is 0.767. The number of nitrogens with one attached hydrogen (secondary N) is 1. The first-order chi connectivity index (χ1) is 10.4. The number of sulfonamides is 1. The van der Waals surface area contributed by atoms with Gasteiger partial charge in [-0.15, -0.1) is 11.3 Å². The fourth-order valence-corrected chi connectivity index (χ4v) is 3.33. The van der Waals surface area contributed by atoms with Crippen LogP contribution in [0, 0.1) is 0 Å². The van der Waals surface area contributed by atoms with Gasteiger partial charge in [0.25, 0.3) is 5.91 Å². The average molecular weight is 333 g/mol. The number of nitrogens with zero attached hydrogens (tertiary/aromatic N) is 1. The molecule has 1 heterocycles. The summed E-state index contributed by atoms with van der Waals surface area (Å²) >= 11 is 1.27. The molecule has 0 saturated carbocycles. The Morgan fingerprint density at radius 1 is 1.14 bits per heavy atom. The molecule has 6 nitrogen and oxygen atoms in total. The van der Waals surface area contributed by atoms with Gasteiger partial charge < -0.3 is 5.32 Å². The zero-order valence-corrected chi connectivity index (χ0v) is 12.8. The molecule has 3 N–H and O–H groups in total. The number of rotatable bonds is 3. The maximum Gasteiger partial charge on any atom is 0.284 e. The van der Waals surface area contributed by atoms with E-state index in [-0.39, 0.29) is 4.90 Å².